The van der Waals surface area contributed by atoms with Gasteiger partial charge in [0.1, 0.15) is 0 Å². The third-order valence-corrected chi connectivity index (χ3v) is 2.46. The lowest BCUT2D eigenvalue weighted by Gasteiger charge is -2.03. The zero-order chi connectivity index (χ0) is 12.9. The summed E-state index contributed by atoms with van der Waals surface area (Å²) in [5, 5.41) is 8.30. The largest absolute Gasteiger partial charge is 0.445 e. The molecule has 0 fully saturated rings. The van der Waals surface area contributed by atoms with E-state index in [2.05, 4.69) is 22.1 Å². The number of nitrogens with one attached hydrogen (secondary N) is 1. The van der Waals surface area contributed by atoms with Gasteiger partial charge in [-0.2, -0.15) is 13.2 Å². The molecule has 0 saturated carbocycles. The number of nitrogens with zero attached hydrogens (tertiary/aromatic N) is 2. The molecule has 1 heterocycles. The van der Waals surface area contributed by atoms with E-state index in [0.29, 0.717) is 31.1 Å². The maximum absolute atomic E-state index is 12.2. The molecule has 1 N–H and O–H groups in total. The molecule has 0 spiro atoms. The van der Waals surface area contributed by atoms with Gasteiger partial charge in [-0.15, -0.1) is 10.2 Å². The van der Waals surface area contributed by atoms with Crippen LogP contribution in [0.2, 0.25) is 0 Å². The van der Waals surface area contributed by atoms with Gasteiger partial charge in [-0.05, 0) is 6.92 Å². The summed E-state index contributed by atoms with van der Waals surface area (Å²) in [5.41, 5.74) is 0.889. The highest BCUT2D eigenvalue weighted by atomic mass is 32.1. The Labute approximate surface area is 101 Å². The van der Waals surface area contributed by atoms with Gasteiger partial charge in [0.05, 0.1) is 13.2 Å². The highest BCUT2D eigenvalue weighted by Gasteiger charge is 2.35. The summed E-state index contributed by atoms with van der Waals surface area (Å²) in [6.45, 7) is 6.66. The van der Waals surface area contributed by atoms with Gasteiger partial charge < -0.3 is 10.1 Å². The lowest BCUT2D eigenvalue weighted by atomic mass is 10.4. The van der Waals surface area contributed by atoms with Crippen molar-refractivity contribution >= 4 is 16.5 Å². The van der Waals surface area contributed by atoms with Crippen molar-refractivity contribution in [1.82, 2.24) is 10.2 Å². The van der Waals surface area contributed by atoms with Gasteiger partial charge in [0, 0.05) is 6.54 Å². The molecule has 17 heavy (non-hydrogen) atoms. The first kappa shape index (κ1) is 13.9. The van der Waals surface area contributed by atoms with Crippen LogP contribution in [0, 0.1) is 0 Å². The van der Waals surface area contributed by atoms with E-state index >= 15 is 0 Å². The normalized spacial score (nSPS) is 11.5. The van der Waals surface area contributed by atoms with Crippen molar-refractivity contribution < 1.29 is 17.9 Å². The Bertz CT molecular complexity index is 378. The number of halogens is 3. The Morgan fingerprint density at radius 2 is 2.18 bits per heavy atom. The summed E-state index contributed by atoms with van der Waals surface area (Å²) in [4.78, 5) is 0. The third-order valence-electron chi connectivity index (χ3n) is 1.54. The molecule has 1 aromatic heterocycles. The van der Waals surface area contributed by atoms with Crippen molar-refractivity contribution in [2.75, 3.05) is 25.1 Å². The Morgan fingerprint density at radius 1 is 1.47 bits per heavy atom. The van der Waals surface area contributed by atoms with E-state index in [1.165, 1.54) is 0 Å². The van der Waals surface area contributed by atoms with Gasteiger partial charge in [0.2, 0.25) is 10.1 Å². The Hall–Kier alpha value is -1.15. The summed E-state index contributed by atoms with van der Waals surface area (Å²) in [7, 11) is 0. The van der Waals surface area contributed by atoms with Crippen molar-refractivity contribution in [3.63, 3.8) is 0 Å². The second kappa shape index (κ2) is 5.97. The molecule has 4 nitrogen and oxygen atoms in total. The molecule has 1 aromatic rings. The molecule has 8 heteroatoms. The van der Waals surface area contributed by atoms with E-state index in [4.69, 9.17) is 4.74 Å². The van der Waals surface area contributed by atoms with Crippen LogP contribution in [0.15, 0.2) is 12.2 Å². The first-order chi connectivity index (χ1) is 7.89. The van der Waals surface area contributed by atoms with Crippen LogP contribution in [0.1, 0.15) is 11.9 Å². The van der Waals surface area contributed by atoms with Crippen molar-refractivity contribution in [2.24, 2.45) is 0 Å². The van der Waals surface area contributed by atoms with Gasteiger partial charge in [-0.3, -0.25) is 0 Å². The first-order valence-electron chi connectivity index (χ1n) is 4.76. The summed E-state index contributed by atoms with van der Waals surface area (Å²) < 4.78 is 41.7. The monoisotopic (exact) mass is 267 g/mol. The summed E-state index contributed by atoms with van der Waals surface area (Å²) >= 11 is 0.473. The van der Waals surface area contributed by atoms with Crippen LogP contribution in [0.3, 0.4) is 0 Å². The molecule has 1 rings (SSSR count). The number of alkyl halides is 3. The van der Waals surface area contributed by atoms with E-state index in [0.717, 1.165) is 5.57 Å². The van der Waals surface area contributed by atoms with Crippen LogP contribution in [-0.4, -0.2) is 30.0 Å². The molecule has 0 atom stereocenters. The zero-order valence-electron chi connectivity index (χ0n) is 9.17. The quantitative estimate of drug-likeness (QED) is 0.635. The summed E-state index contributed by atoms with van der Waals surface area (Å²) in [6, 6.07) is 0. The average Bonchev–Trinajstić information content (AvgIpc) is 2.64. The number of anilines is 1. The molecular weight excluding hydrogens is 255 g/mol. The number of rotatable bonds is 6. The number of aromatic nitrogens is 2. The van der Waals surface area contributed by atoms with Crippen molar-refractivity contribution in [2.45, 2.75) is 13.1 Å². The fourth-order valence-electron chi connectivity index (χ4n) is 0.886. The van der Waals surface area contributed by atoms with Crippen LogP contribution >= 0.6 is 11.3 Å². The number of hydrogen-bond acceptors (Lipinski definition) is 5. The Morgan fingerprint density at radius 3 is 2.71 bits per heavy atom. The standard InChI is InChI=1S/C9H12F3N3OS/c1-6(2)5-16-4-3-13-8-15-14-7(17-8)9(10,11)12/h1,3-5H2,2H3,(H,13,15). The Balaban J connectivity index is 2.28. The molecule has 0 radical (unpaired) electrons. The molecule has 96 valence electrons. The van der Waals surface area contributed by atoms with Crippen molar-refractivity contribution in [3.05, 3.63) is 17.2 Å². The summed E-state index contributed by atoms with van der Waals surface area (Å²) in [6.07, 6.45) is -4.44. The van der Waals surface area contributed by atoms with Crippen LogP contribution < -0.4 is 5.32 Å². The third kappa shape index (κ3) is 5.14. The fraction of sp³-hybridized carbons (Fsp3) is 0.556. The fourth-order valence-corrected chi connectivity index (χ4v) is 1.52. The van der Waals surface area contributed by atoms with E-state index in [1.54, 1.807) is 0 Å². The van der Waals surface area contributed by atoms with Gasteiger partial charge in [0.15, 0.2) is 0 Å². The molecule has 0 aliphatic rings. The van der Waals surface area contributed by atoms with Crippen molar-refractivity contribution in [1.29, 1.82) is 0 Å². The average molecular weight is 267 g/mol. The minimum absolute atomic E-state index is 0.135. The maximum atomic E-state index is 12.2. The summed E-state index contributed by atoms with van der Waals surface area (Å²) in [5.74, 6) is 0. The SMILES string of the molecule is C=C(C)COCCNc1nnc(C(F)(F)F)s1. The first-order valence-corrected chi connectivity index (χ1v) is 5.58. The molecule has 0 saturated heterocycles. The number of hydrogen-bond donors (Lipinski definition) is 1. The number of ether oxygens (including phenoxy) is 1. The van der Waals surface area contributed by atoms with Crippen molar-refractivity contribution in [3.8, 4) is 0 Å². The second-order valence-corrected chi connectivity index (χ2v) is 4.32. The highest BCUT2D eigenvalue weighted by molar-refractivity contribution is 7.15. The van der Waals surface area contributed by atoms with E-state index in [9.17, 15) is 13.2 Å². The maximum Gasteiger partial charge on any atom is 0.445 e. The lowest BCUT2D eigenvalue weighted by molar-refractivity contribution is -0.138. The smallest absolute Gasteiger partial charge is 0.375 e. The highest BCUT2D eigenvalue weighted by Crippen LogP contribution is 2.32. The van der Waals surface area contributed by atoms with Crippen LogP contribution in [0.25, 0.3) is 0 Å². The lowest BCUT2D eigenvalue weighted by Crippen LogP contribution is -2.10. The Kier molecular flexibility index (Phi) is 4.88. The van der Waals surface area contributed by atoms with Gasteiger partial charge in [-0.25, -0.2) is 0 Å². The van der Waals surface area contributed by atoms with E-state index < -0.39 is 11.2 Å². The van der Waals surface area contributed by atoms with Gasteiger partial charge in [-0.1, -0.05) is 23.5 Å². The van der Waals surface area contributed by atoms with Crippen LogP contribution in [0.4, 0.5) is 18.3 Å². The molecule has 0 aromatic carbocycles. The van der Waals surface area contributed by atoms with Gasteiger partial charge in [0.25, 0.3) is 0 Å². The topological polar surface area (TPSA) is 47.0 Å². The molecule has 0 bridgehead atoms. The van der Waals surface area contributed by atoms with Gasteiger partial charge >= 0.3 is 6.18 Å². The molecule has 0 unspecified atom stereocenters. The molecule has 0 aliphatic carbocycles. The van der Waals surface area contributed by atoms with E-state index in [1.807, 2.05) is 6.92 Å². The van der Waals surface area contributed by atoms with Crippen LogP contribution in [-0.2, 0) is 10.9 Å². The minimum atomic E-state index is -4.44. The van der Waals surface area contributed by atoms with Crippen LogP contribution in [0.5, 0.6) is 0 Å². The predicted molar refractivity (Wildman–Crippen MR) is 59.0 cm³/mol. The molecular formula is C9H12F3N3OS. The molecule has 0 aliphatic heterocycles. The predicted octanol–water partition coefficient (Wildman–Crippen LogP) is 2.56. The second-order valence-electron chi connectivity index (χ2n) is 3.35. The zero-order valence-corrected chi connectivity index (χ0v) is 9.99. The van der Waals surface area contributed by atoms with E-state index in [-0.39, 0.29) is 5.13 Å². The molecule has 0 amide bonds. The minimum Gasteiger partial charge on any atom is -0.375 e.